The van der Waals surface area contributed by atoms with E-state index in [0.29, 0.717) is 17.5 Å². The number of aliphatic carboxylic acids is 1. The molecule has 1 aromatic heterocycles. The molecule has 1 N–H and O–H groups in total. The van der Waals surface area contributed by atoms with Crippen molar-refractivity contribution in [1.82, 2.24) is 9.88 Å². The zero-order valence-electron chi connectivity index (χ0n) is 16.4. The summed E-state index contributed by atoms with van der Waals surface area (Å²) in [6.45, 7) is 3.19. The SMILES string of the molecule is O=C(O)CCC1CCN(CCc2ccc(Oc3nc4ccccc4s3)cc2)CC1. The van der Waals surface area contributed by atoms with E-state index in [4.69, 9.17) is 9.84 Å². The number of likely N-dealkylation sites (tertiary alicyclic amines) is 1. The molecule has 0 bridgehead atoms. The number of para-hydroxylation sites is 1. The van der Waals surface area contributed by atoms with Crippen LogP contribution >= 0.6 is 11.3 Å². The van der Waals surface area contributed by atoms with Gasteiger partial charge in [0.05, 0.1) is 10.2 Å². The number of fused-ring (bicyclic) bond motifs is 1. The Hall–Kier alpha value is -2.44. The molecule has 152 valence electrons. The number of aromatic nitrogens is 1. The number of benzene rings is 2. The van der Waals surface area contributed by atoms with Gasteiger partial charge >= 0.3 is 5.97 Å². The molecule has 0 amide bonds. The summed E-state index contributed by atoms with van der Waals surface area (Å²) >= 11 is 1.56. The first kappa shape index (κ1) is 19.9. The Kier molecular flexibility index (Phi) is 6.42. The van der Waals surface area contributed by atoms with E-state index in [9.17, 15) is 4.79 Å². The highest BCUT2D eigenvalue weighted by Gasteiger charge is 2.19. The Morgan fingerprint density at radius 1 is 1.14 bits per heavy atom. The normalized spacial score (nSPS) is 15.6. The van der Waals surface area contributed by atoms with Gasteiger partial charge in [-0.3, -0.25) is 4.79 Å². The minimum Gasteiger partial charge on any atom is -0.481 e. The molecule has 0 unspecified atom stereocenters. The average Bonchev–Trinajstić information content (AvgIpc) is 3.15. The van der Waals surface area contributed by atoms with Gasteiger partial charge in [0.2, 0.25) is 0 Å². The summed E-state index contributed by atoms with van der Waals surface area (Å²) < 4.78 is 7.05. The number of rotatable bonds is 8. The second-order valence-corrected chi connectivity index (χ2v) is 8.65. The van der Waals surface area contributed by atoms with E-state index >= 15 is 0 Å². The van der Waals surface area contributed by atoms with Crippen LogP contribution < -0.4 is 4.74 Å². The maximum Gasteiger partial charge on any atom is 0.303 e. The minimum atomic E-state index is -0.678. The first-order valence-corrected chi connectivity index (χ1v) is 11.0. The summed E-state index contributed by atoms with van der Waals surface area (Å²) in [5.74, 6) is 0.705. The Labute approximate surface area is 175 Å². The summed E-state index contributed by atoms with van der Waals surface area (Å²) in [5.41, 5.74) is 2.27. The molecule has 5 nitrogen and oxygen atoms in total. The Balaban J connectivity index is 1.23. The molecule has 1 aliphatic heterocycles. The quantitative estimate of drug-likeness (QED) is 0.552. The van der Waals surface area contributed by atoms with E-state index in [2.05, 4.69) is 28.1 Å². The number of hydrogen-bond donors (Lipinski definition) is 1. The fraction of sp³-hybridized carbons (Fsp3) is 0.391. The molecule has 2 heterocycles. The zero-order valence-corrected chi connectivity index (χ0v) is 17.2. The van der Waals surface area contributed by atoms with Crippen molar-refractivity contribution < 1.29 is 14.6 Å². The van der Waals surface area contributed by atoms with Crippen LogP contribution in [0.4, 0.5) is 0 Å². The highest BCUT2D eigenvalue weighted by Crippen LogP contribution is 2.31. The molecule has 2 aromatic carbocycles. The number of carbonyl (C=O) groups is 1. The van der Waals surface area contributed by atoms with E-state index in [1.165, 1.54) is 5.56 Å². The molecule has 0 saturated carbocycles. The van der Waals surface area contributed by atoms with E-state index < -0.39 is 5.97 Å². The van der Waals surface area contributed by atoms with Gasteiger partial charge in [-0.25, -0.2) is 4.98 Å². The van der Waals surface area contributed by atoms with Gasteiger partial charge < -0.3 is 14.7 Å². The number of nitrogens with zero attached hydrogens (tertiary/aromatic N) is 2. The van der Waals surface area contributed by atoms with Crippen molar-refractivity contribution >= 4 is 27.5 Å². The Morgan fingerprint density at radius 3 is 2.62 bits per heavy atom. The third-order valence-corrected chi connectivity index (χ3v) is 6.51. The van der Waals surface area contributed by atoms with Gasteiger partial charge in [-0.05, 0) is 74.5 Å². The van der Waals surface area contributed by atoms with Gasteiger partial charge in [0.1, 0.15) is 5.75 Å². The number of carboxylic acid groups (broad SMARTS) is 1. The van der Waals surface area contributed by atoms with Crippen LogP contribution in [0, 0.1) is 5.92 Å². The lowest BCUT2D eigenvalue weighted by atomic mass is 9.92. The van der Waals surface area contributed by atoms with Gasteiger partial charge in [0, 0.05) is 13.0 Å². The van der Waals surface area contributed by atoms with Crippen molar-refractivity contribution in [2.45, 2.75) is 32.1 Å². The number of thiazole rings is 1. The van der Waals surface area contributed by atoms with Crippen molar-refractivity contribution in [3.05, 3.63) is 54.1 Å². The number of ether oxygens (including phenoxy) is 1. The monoisotopic (exact) mass is 410 g/mol. The molecule has 0 radical (unpaired) electrons. The second kappa shape index (κ2) is 9.37. The zero-order chi connectivity index (χ0) is 20.1. The average molecular weight is 411 g/mol. The smallest absolute Gasteiger partial charge is 0.303 e. The molecular weight excluding hydrogens is 384 g/mol. The fourth-order valence-electron chi connectivity index (χ4n) is 3.83. The van der Waals surface area contributed by atoms with Crippen LogP contribution in [-0.4, -0.2) is 40.6 Å². The van der Waals surface area contributed by atoms with Crippen molar-refractivity contribution in [3.8, 4) is 10.9 Å². The molecular formula is C23H26N2O3S. The predicted octanol–water partition coefficient (Wildman–Crippen LogP) is 5.21. The van der Waals surface area contributed by atoms with Crippen LogP contribution in [0.5, 0.6) is 10.9 Å². The summed E-state index contributed by atoms with van der Waals surface area (Å²) in [4.78, 5) is 17.7. The molecule has 1 aliphatic rings. The van der Waals surface area contributed by atoms with Crippen LogP contribution in [-0.2, 0) is 11.2 Å². The summed E-state index contributed by atoms with van der Waals surface area (Å²) in [7, 11) is 0. The Morgan fingerprint density at radius 2 is 1.90 bits per heavy atom. The van der Waals surface area contributed by atoms with Crippen molar-refractivity contribution in [3.63, 3.8) is 0 Å². The van der Waals surface area contributed by atoms with Gasteiger partial charge in [-0.2, -0.15) is 0 Å². The van der Waals surface area contributed by atoms with E-state index in [1.807, 2.05) is 30.3 Å². The lowest BCUT2D eigenvalue weighted by Crippen LogP contribution is -2.35. The van der Waals surface area contributed by atoms with Crippen LogP contribution in [0.3, 0.4) is 0 Å². The first-order chi connectivity index (χ1) is 14.2. The van der Waals surface area contributed by atoms with Crippen LogP contribution in [0.25, 0.3) is 10.2 Å². The molecule has 4 rings (SSSR count). The summed E-state index contributed by atoms with van der Waals surface area (Å²) in [6.07, 6.45) is 4.36. The lowest BCUT2D eigenvalue weighted by molar-refractivity contribution is -0.137. The standard InChI is InChI=1S/C23H26N2O3S/c26-22(27)10-7-18-12-15-25(16-13-18)14-11-17-5-8-19(9-6-17)28-23-24-20-3-1-2-4-21(20)29-23/h1-6,8-9,18H,7,10-16H2,(H,26,27). The minimum absolute atomic E-state index is 0.302. The van der Waals surface area contributed by atoms with Crippen LogP contribution in [0.1, 0.15) is 31.2 Å². The molecule has 0 aliphatic carbocycles. The highest BCUT2D eigenvalue weighted by molar-refractivity contribution is 7.20. The van der Waals surface area contributed by atoms with Crippen LogP contribution in [0.15, 0.2) is 48.5 Å². The predicted molar refractivity (Wildman–Crippen MR) is 116 cm³/mol. The lowest BCUT2D eigenvalue weighted by Gasteiger charge is -2.31. The maximum absolute atomic E-state index is 10.7. The van der Waals surface area contributed by atoms with Gasteiger partial charge in [0.15, 0.2) is 0 Å². The Bertz CT molecular complexity index is 913. The molecule has 1 saturated heterocycles. The first-order valence-electron chi connectivity index (χ1n) is 10.2. The molecule has 6 heteroatoms. The topological polar surface area (TPSA) is 62.7 Å². The van der Waals surface area contributed by atoms with E-state index in [0.717, 1.165) is 61.3 Å². The van der Waals surface area contributed by atoms with Gasteiger partial charge in [-0.15, -0.1) is 0 Å². The van der Waals surface area contributed by atoms with Gasteiger partial charge in [-0.1, -0.05) is 35.6 Å². The van der Waals surface area contributed by atoms with E-state index in [1.54, 1.807) is 11.3 Å². The fourth-order valence-corrected chi connectivity index (χ4v) is 4.67. The molecule has 0 spiro atoms. The van der Waals surface area contributed by atoms with Crippen LogP contribution in [0.2, 0.25) is 0 Å². The van der Waals surface area contributed by atoms with Crippen molar-refractivity contribution in [1.29, 1.82) is 0 Å². The van der Waals surface area contributed by atoms with Crippen molar-refractivity contribution in [2.24, 2.45) is 5.92 Å². The van der Waals surface area contributed by atoms with Crippen molar-refractivity contribution in [2.75, 3.05) is 19.6 Å². The van der Waals surface area contributed by atoms with Gasteiger partial charge in [0.25, 0.3) is 5.19 Å². The third kappa shape index (κ3) is 5.55. The molecule has 3 aromatic rings. The summed E-state index contributed by atoms with van der Waals surface area (Å²) in [6, 6.07) is 16.3. The third-order valence-electron chi connectivity index (χ3n) is 5.59. The summed E-state index contributed by atoms with van der Waals surface area (Å²) in [5, 5.41) is 9.49. The maximum atomic E-state index is 10.7. The van der Waals surface area contributed by atoms with E-state index in [-0.39, 0.29) is 0 Å². The molecule has 0 atom stereocenters. The highest BCUT2D eigenvalue weighted by atomic mass is 32.1. The largest absolute Gasteiger partial charge is 0.481 e. The second-order valence-electron chi connectivity index (χ2n) is 7.66. The molecule has 1 fully saturated rings. The number of piperidine rings is 1. The number of hydrogen-bond acceptors (Lipinski definition) is 5. The molecule has 29 heavy (non-hydrogen) atoms. The number of carboxylic acids is 1.